The van der Waals surface area contributed by atoms with Crippen LogP contribution < -0.4 is 5.46 Å². The normalized spacial score (nSPS) is 10.0. The van der Waals surface area contributed by atoms with E-state index in [-0.39, 0.29) is 0 Å². The molecule has 0 amide bonds. The van der Waals surface area contributed by atoms with Crippen LogP contribution in [0.4, 0.5) is 0 Å². The topological polar surface area (TPSA) is 40.5 Å². The maximum Gasteiger partial charge on any atom is 0.488 e. The number of hydrogen-bond donors (Lipinski definition) is 2. The van der Waals surface area contributed by atoms with Crippen LogP contribution in [0.15, 0.2) is 23.1 Å². The molecule has 0 fully saturated rings. The fraction of sp³-hybridized carbons (Fsp3) is 0.143. The molecule has 0 heterocycles. The Labute approximate surface area is 80.7 Å². The molecule has 2 N–H and O–H groups in total. The molecule has 0 aliphatic heterocycles. The molecule has 0 aromatic heterocycles. The van der Waals surface area contributed by atoms with Crippen LogP contribution in [0.25, 0.3) is 0 Å². The van der Waals surface area contributed by atoms with E-state index in [9.17, 15) is 0 Å². The van der Waals surface area contributed by atoms with Crippen molar-refractivity contribution < 1.29 is 10.0 Å². The summed E-state index contributed by atoms with van der Waals surface area (Å²) in [5.41, 5.74) is 0.462. The summed E-state index contributed by atoms with van der Waals surface area (Å²) in [7, 11) is -1.42. The van der Waals surface area contributed by atoms with Crippen LogP contribution in [0.1, 0.15) is 0 Å². The second-order valence-electron chi connectivity index (χ2n) is 2.27. The molecule has 12 heavy (non-hydrogen) atoms. The summed E-state index contributed by atoms with van der Waals surface area (Å²) in [6.45, 7) is 0. The molecule has 1 aromatic rings. The highest BCUT2D eigenvalue weighted by Gasteiger charge is 2.11. The summed E-state index contributed by atoms with van der Waals surface area (Å²) in [5.74, 6) is 0. The van der Waals surface area contributed by atoms with Crippen molar-refractivity contribution in [3.63, 3.8) is 0 Å². The van der Waals surface area contributed by atoms with Crippen molar-refractivity contribution in [2.24, 2.45) is 0 Å². The van der Waals surface area contributed by atoms with E-state index in [1.807, 2.05) is 6.26 Å². The van der Waals surface area contributed by atoms with Gasteiger partial charge in [0.05, 0.1) is 5.02 Å². The Bertz CT molecular complexity index is 280. The van der Waals surface area contributed by atoms with Gasteiger partial charge in [0.15, 0.2) is 0 Å². The number of rotatable bonds is 2. The molecule has 0 spiro atoms. The highest BCUT2D eigenvalue weighted by atomic mass is 35.5. The van der Waals surface area contributed by atoms with E-state index in [2.05, 4.69) is 0 Å². The van der Waals surface area contributed by atoms with Crippen LogP contribution in [0, 0.1) is 0 Å². The minimum Gasteiger partial charge on any atom is -0.423 e. The van der Waals surface area contributed by atoms with E-state index >= 15 is 0 Å². The largest absolute Gasteiger partial charge is 0.488 e. The van der Waals surface area contributed by atoms with Gasteiger partial charge in [0.2, 0.25) is 0 Å². The standard InChI is InChI=1S/C7H8BClO2S/c1-12-7-4-5(8(10)11)2-3-6(7)9/h2-4,10-11H,1H3. The zero-order chi connectivity index (χ0) is 9.14. The van der Waals surface area contributed by atoms with Gasteiger partial charge in [0.1, 0.15) is 0 Å². The van der Waals surface area contributed by atoms with Crippen molar-refractivity contribution in [3.05, 3.63) is 23.2 Å². The molecule has 0 aliphatic rings. The van der Waals surface area contributed by atoms with Gasteiger partial charge in [-0.3, -0.25) is 0 Å². The van der Waals surface area contributed by atoms with E-state index in [4.69, 9.17) is 21.6 Å². The van der Waals surface area contributed by atoms with E-state index in [0.29, 0.717) is 10.5 Å². The first kappa shape index (κ1) is 9.93. The molecule has 0 saturated carbocycles. The molecule has 64 valence electrons. The van der Waals surface area contributed by atoms with Gasteiger partial charge in [-0.05, 0) is 23.9 Å². The van der Waals surface area contributed by atoms with Crippen molar-refractivity contribution in [3.8, 4) is 0 Å². The van der Waals surface area contributed by atoms with Crippen molar-refractivity contribution >= 4 is 35.9 Å². The Morgan fingerprint density at radius 2 is 2.08 bits per heavy atom. The highest BCUT2D eigenvalue weighted by Crippen LogP contribution is 2.23. The molecule has 0 atom stereocenters. The Kier molecular flexibility index (Phi) is 3.46. The fourth-order valence-corrected chi connectivity index (χ4v) is 1.70. The van der Waals surface area contributed by atoms with Crippen LogP contribution in [0.3, 0.4) is 0 Å². The summed E-state index contributed by atoms with van der Waals surface area (Å²) in [6, 6.07) is 4.91. The lowest BCUT2D eigenvalue weighted by Crippen LogP contribution is -2.29. The van der Waals surface area contributed by atoms with Crippen molar-refractivity contribution in [1.29, 1.82) is 0 Å². The lowest BCUT2D eigenvalue weighted by molar-refractivity contribution is 0.425. The molecular formula is C7H8BClO2S. The van der Waals surface area contributed by atoms with Gasteiger partial charge in [-0.25, -0.2) is 0 Å². The second kappa shape index (κ2) is 4.19. The average molecular weight is 202 g/mol. The van der Waals surface area contributed by atoms with E-state index in [1.165, 1.54) is 11.8 Å². The van der Waals surface area contributed by atoms with Gasteiger partial charge in [0, 0.05) is 4.90 Å². The van der Waals surface area contributed by atoms with Gasteiger partial charge in [0.25, 0.3) is 0 Å². The summed E-state index contributed by atoms with van der Waals surface area (Å²) >= 11 is 7.29. The van der Waals surface area contributed by atoms with Gasteiger partial charge < -0.3 is 10.0 Å². The Balaban J connectivity index is 3.05. The maximum atomic E-state index is 8.84. The van der Waals surface area contributed by atoms with Gasteiger partial charge in [-0.1, -0.05) is 17.7 Å². The molecule has 5 heteroatoms. The molecule has 0 saturated heterocycles. The molecule has 0 aliphatic carbocycles. The summed E-state index contributed by atoms with van der Waals surface area (Å²) in [4.78, 5) is 0.849. The Hall–Kier alpha value is -0.155. The summed E-state index contributed by atoms with van der Waals surface area (Å²) in [5, 5.41) is 18.3. The SMILES string of the molecule is CSc1cc(B(O)O)ccc1Cl. The summed E-state index contributed by atoms with van der Waals surface area (Å²) < 4.78 is 0. The molecule has 0 radical (unpaired) electrons. The van der Waals surface area contributed by atoms with E-state index in [1.54, 1.807) is 18.2 Å². The van der Waals surface area contributed by atoms with Crippen molar-refractivity contribution in [2.45, 2.75) is 4.90 Å². The molecule has 0 bridgehead atoms. The Morgan fingerprint density at radius 3 is 2.58 bits per heavy atom. The number of halogens is 1. The van der Waals surface area contributed by atoms with Crippen LogP contribution >= 0.6 is 23.4 Å². The average Bonchev–Trinajstić information content (AvgIpc) is 2.05. The first-order valence-electron chi connectivity index (χ1n) is 3.34. The number of benzene rings is 1. The first-order chi connectivity index (χ1) is 5.65. The van der Waals surface area contributed by atoms with Crippen molar-refractivity contribution in [2.75, 3.05) is 6.26 Å². The van der Waals surface area contributed by atoms with E-state index in [0.717, 1.165) is 4.90 Å². The first-order valence-corrected chi connectivity index (χ1v) is 4.95. The quantitative estimate of drug-likeness (QED) is 0.549. The van der Waals surface area contributed by atoms with Crippen LogP contribution in [-0.4, -0.2) is 23.4 Å². The smallest absolute Gasteiger partial charge is 0.423 e. The zero-order valence-electron chi connectivity index (χ0n) is 6.49. The molecule has 1 aromatic carbocycles. The van der Waals surface area contributed by atoms with E-state index < -0.39 is 7.12 Å². The van der Waals surface area contributed by atoms with Crippen LogP contribution in [-0.2, 0) is 0 Å². The van der Waals surface area contributed by atoms with Crippen molar-refractivity contribution in [1.82, 2.24) is 0 Å². The van der Waals surface area contributed by atoms with Crippen LogP contribution in [0.5, 0.6) is 0 Å². The lowest BCUT2D eigenvalue weighted by atomic mass is 9.80. The fourth-order valence-electron chi connectivity index (χ4n) is 0.837. The third-order valence-corrected chi connectivity index (χ3v) is 2.69. The third-order valence-electron chi connectivity index (χ3n) is 1.47. The Morgan fingerprint density at radius 1 is 1.42 bits per heavy atom. The number of hydrogen-bond acceptors (Lipinski definition) is 3. The summed E-state index contributed by atoms with van der Waals surface area (Å²) in [6.07, 6.45) is 1.88. The van der Waals surface area contributed by atoms with Gasteiger partial charge in [-0.15, -0.1) is 11.8 Å². The lowest BCUT2D eigenvalue weighted by Gasteiger charge is -2.03. The molecule has 2 nitrogen and oxygen atoms in total. The molecule has 0 unspecified atom stereocenters. The van der Waals surface area contributed by atoms with Crippen LogP contribution in [0.2, 0.25) is 5.02 Å². The molecule has 1 rings (SSSR count). The predicted molar refractivity (Wildman–Crippen MR) is 53.1 cm³/mol. The minimum absolute atomic E-state index is 0.462. The number of thioether (sulfide) groups is 1. The van der Waals surface area contributed by atoms with Gasteiger partial charge >= 0.3 is 7.12 Å². The minimum atomic E-state index is -1.42. The highest BCUT2D eigenvalue weighted by molar-refractivity contribution is 7.98. The van der Waals surface area contributed by atoms with Gasteiger partial charge in [-0.2, -0.15) is 0 Å². The maximum absolute atomic E-state index is 8.84. The zero-order valence-corrected chi connectivity index (χ0v) is 8.06. The predicted octanol–water partition coefficient (Wildman–Crippen LogP) is 0.742. The monoisotopic (exact) mass is 202 g/mol. The molecular weight excluding hydrogens is 194 g/mol. The third kappa shape index (κ3) is 2.17. The second-order valence-corrected chi connectivity index (χ2v) is 3.52.